The molecule has 4 heteroatoms. The zero-order valence-electron chi connectivity index (χ0n) is 11.5. The fourth-order valence-corrected chi connectivity index (χ4v) is 2.53. The Morgan fingerprint density at radius 1 is 1.37 bits per heavy atom. The number of carbonyl (C=O) groups is 1. The molecule has 0 saturated carbocycles. The summed E-state index contributed by atoms with van der Waals surface area (Å²) >= 11 is 0. The van der Waals surface area contributed by atoms with Gasteiger partial charge in [-0.05, 0) is 69.6 Å². The summed E-state index contributed by atoms with van der Waals surface area (Å²) in [6.07, 6.45) is 3.80. The summed E-state index contributed by atoms with van der Waals surface area (Å²) in [6, 6.07) is 5.22. The van der Waals surface area contributed by atoms with E-state index in [1.165, 1.54) is 25.9 Å². The number of carboxylic acid groups (broad SMARTS) is 1. The lowest BCUT2D eigenvalue weighted by atomic mass is 10.1. The molecule has 1 heterocycles. The molecule has 0 atom stereocenters. The SMILES string of the molecule is Cc1cc(C(=O)O)ccc1NCCCN1CCCC1. The Bertz CT molecular complexity index is 440. The Labute approximate surface area is 114 Å². The molecule has 0 aromatic heterocycles. The maximum atomic E-state index is 10.8. The molecule has 1 fully saturated rings. The van der Waals surface area contributed by atoms with Crippen molar-refractivity contribution in [2.45, 2.75) is 26.2 Å². The predicted octanol–water partition coefficient (Wildman–Crippen LogP) is 2.59. The Kier molecular flexibility index (Phi) is 4.80. The first-order valence-corrected chi connectivity index (χ1v) is 6.97. The van der Waals surface area contributed by atoms with Gasteiger partial charge in [0, 0.05) is 12.2 Å². The van der Waals surface area contributed by atoms with Crippen molar-refractivity contribution in [3.8, 4) is 0 Å². The van der Waals surface area contributed by atoms with Crippen molar-refractivity contribution in [2.24, 2.45) is 0 Å². The zero-order valence-corrected chi connectivity index (χ0v) is 11.5. The number of aryl methyl sites for hydroxylation is 1. The van der Waals surface area contributed by atoms with Crippen LogP contribution in [0.1, 0.15) is 35.2 Å². The van der Waals surface area contributed by atoms with Crippen LogP contribution in [0.25, 0.3) is 0 Å². The number of likely N-dealkylation sites (tertiary alicyclic amines) is 1. The fraction of sp³-hybridized carbons (Fsp3) is 0.533. The van der Waals surface area contributed by atoms with E-state index in [0.29, 0.717) is 5.56 Å². The van der Waals surface area contributed by atoms with Crippen molar-refractivity contribution in [1.29, 1.82) is 0 Å². The van der Waals surface area contributed by atoms with Crippen LogP contribution in [0.4, 0.5) is 5.69 Å². The summed E-state index contributed by atoms with van der Waals surface area (Å²) < 4.78 is 0. The average Bonchev–Trinajstić information content (AvgIpc) is 2.89. The predicted molar refractivity (Wildman–Crippen MR) is 76.9 cm³/mol. The van der Waals surface area contributed by atoms with Gasteiger partial charge in [0.1, 0.15) is 0 Å². The Morgan fingerprint density at radius 2 is 2.11 bits per heavy atom. The van der Waals surface area contributed by atoms with Gasteiger partial charge in [-0.15, -0.1) is 0 Å². The van der Waals surface area contributed by atoms with Gasteiger partial charge in [-0.25, -0.2) is 4.79 Å². The van der Waals surface area contributed by atoms with E-state index in [9.17, 15) is 4.79 Å². The van der Waals surface area contributed by atoms with E-state index in [1.54, 1.807) is 12.1 Å². The second-order valence-electron chi connectivity index (χ2n) is 5.16. The number of benzene rings is 1. The molecular weight excluding hydrogens is 240 g/mol. The van der Waals surface area contributed by atoms with Gasteiger partial charge in [-0.1, -0.05) is 0 Å². The molecule has 1 saturated heterocycles. The Hall–Kier alpha value is -1.55. The normalized spacial score (nSPS) is 15.6. The molecule has 1 aromatic rings. The topological polar surface area (TPSA) is 52.6 Å². The van der Waals surface area contributed by atoms with Crippen LogP contribution in [0.15, 0.2) is 18.2 Å². The standard InChI is InChI=1S/C15H22N2O2/c1-12-11-13(15(18)19)5-6-14(12)16-7-4-10-17-8-2-3-9-17/h5-6,11,16H,2-4,7-10H2,1H3,(H,18,19). The molecule has 1 aliphatic rings. The first kappa shape index (κ1) is 13.9. The molecule has 4 nitrogen and oxygen atoms in total. The summed E-state index contributed by atoms with van der Waals surface area (Å²) in [6.45, 7) is 6.51. The minimum Gasteiger partial charge on any atom is -0.478 e. The third-order valence-corrected chi connectivity index (χ3v) is 3.64. The molecule has 0 aliphatic carbocycles. The van der Waals surface area contributed by atoms with Gasteiger partial charge in [0.05, 0.1) is 5.56 Å². The van der Waals surface area contributed by atoms with Gasteiger partial charge in [0.25, 0.3) is 0 Å². The van der Waals surface area contributed by atoms with Gasteiger partial charge in [0.2, 0.25) is 0 Å². The van der Waals surface area contributed by atoms with E-state index < -0.39 is 5.97 Å². The quantitative estimate of drug-likeness (QED) is 0.774. The van der Waals surface area contributed by atoms with E-state index in [0.717, 1.165) is 30.8 Å². The van der Waals surface area contributed by atoms with Crippen molar-refractivity contribution in [2.75, 3.05) is 31.5 Å². The number of rotatable bonds is 6. The van der Waals surface area contributed by atoms with Crippen LogP contribution >= 0.6 is 0 Å². The van der Waals surface area contributed by atoms with Gasteiger partial charge >= 0.3 is 5.97 Å². The number of nitrogens with zero attached hydrogens (tertiary/aromatic N) is 1. The summed E-state index contributed by atoms with van der Waals surface area (Å²) in [5.74, 6) is -0.872. The number of anilines is 1. The highest BCUT2D eigenvalue weighted by Crippen LogP contribution is 2.16. The lowest BCUT2D eigenvalue weighted by Crippen LogP contribution is -2.22. The molecule has 104 valence electrons. The van der Waals surface area contributed by atoms with Crippen molar-refractivity contribution >= 4 is 11.7 Å². The van der Waals surface area contributed by atoms with Crippen LogP contribution in [0.3, 0.4) is 0 Å². The molecule has 0 radical (unpaired) electrons. The zero-order chi connectivity index (χ0) is 13.7. The van der Waals surface area contributed by atoms with Gasteiger partial charge in [-0.3, -0.25) is 0 Å². The summed E-state index contributed by atoms with van der Waals surface area (Å²) in [4.78, 5) is 13.3. The molecule has 0 spiro atoms. The minimum absolute atomic E-state index is 0.347. The highest BCUT2D eigenvalue weighted by Gasteiger charge is 2.10. The van der Waals surface area contributed by atoms with Crippen molar-refractivity contribution in [3.05, 3.63) is 29.3 Å². The monoisotopic (exact) mass is 262 g/mol. The third kappa shape index (κ3) is 3.96. The summed E-state index contributed by atoms with van der Waals surface area (Å²) in [7, 11) is 0. The summed E-state index contributed by atoms with van der Waals surface area (Å²) in [5, 5.41) is 12.3. The van der Waals surface area contributed by atoms with Gasteiger partial charge < -0.3 is 15.3 Å². The van der Waals surface area contributed by atoms with E-state index in [2.05, 4.69) is 10.2 Å². The highest BCUT2D eigenvalue weighted by molar-refractivity contribution is 5.88. The van der Waals surface area contributed by atoms with Crippen LogP contribution in [-0.4, -0.2) is 42.2 Å². The van der Waals surface area contributed by atoms with Crippen LogP contribution in [0, 0.1) is 6.92 Å². The molecule has 0 unspecified atom stereocenters. The van der Waals surface area contributed by atoms with E-state index in [-0.39, 0.29) is 0 Å². The van der Waals surface area contributed by atoms with Crippen molar-refractivity contribution in [3.63, 3.8) is 0 Å². The molecule has 1 aromatic carbocycles. The molecular formula is C15H22N2O2. The third-order valence-electron chi connectivity index (χ3n) is 3.64. The first-order valence-electron chi connectivity index (χ1n) is 6.97. The van der Waals surface area contributed by atoms with E-state index >= 15 is 0 Å². The molecule has 2 N–H and O–H groups in total. The van der Waals surface area contributed by atoms with Crippen LogP contribution in [0.5, 0.6) is 0 Å². The number of aromatic carboxylic acids is 1. The van der Waals surface area contributed by atoms with Crippen molar-refractivity contribution < 1.29 is 9.90 Å². The van der Waals surface area contributed by atoms with Crippen LogP contribution < -0.4 is 5.32 Å². The smallest absolute Gasteiger partial charge is 0.335 e. The fourth-order valence-electron chi connectivity index (χ4n) is 2.53. The molecule has 19 heavy (non-hydrogen) atoms. The summed E-state index contributed by atoms with van der Waals surface area (Å²) in [5.41, 5.74) is 2.37. The largest absolute Gasteiger partial charge is 0.478 e. The number of nitrogens with one attached hydrogen (secondary N) is 1. The highest BCUT2D eigenvalue weighted by atomic mass is 16.4. The average molecular weight is 262 g/mol. The van der Waals surface area contributed by atoms with Gasteiger partial charge in [-0.2, -0.15) is 0 Å². The number of carboxylic acids is 1. The molecule has 2 rings (SSSR count). The maximum Gasteiger partial charge on any atom is 0.335 e. The van der Waals surface area contributed by atoms with E-state index in [1.807, 2.05) is 13.0 Å². The first-order chi connectivity index (χ1) is 9.16. The van der Waals surface area contributed by atoms with Crippen LogP contribution in [-0.2, 0) is 0 Å². The minimum atomic E-state index is -0.872. The van der Waals surface area contributed by atoms with Crippen molar-refractivity contribution in [1.82, 2.24) is 4.90 Å². The van der Waals surface area contributed by atoms with Crippen LogP contribution in [0.2, 0.25) is 0 Å². The number of hydrogen-bond acceptors (Lipinski definition) is 3. The second kappa shape index (κ2) is 6.57. The second-order valence-corrected chi connectivity index (χ2v) is 5.16. The number of hydrogen-bond donors (Lipinski definition) is 2. The molecule has 0 bridgehead atoms. The Balaban J connectivity index is 1.77. The molecule has 0 amide bonds. The van der Waals surface area contributed by atoms with Gasteiger partial charge in [0.15, 0.2) is 0 Å². The maximum absolute atomic E-state index is 10.8. The molecule has 1 aliphatic heterocycles. The lowest BCUT2D eigenvalue weighted by molar-refractivity contribution is 0.0697. The Morgan fingerprint density at radius 3 is 2.74 bits per heavy atom. The lowest BCUT2D eigenvalue weighted by Gasteiger charge is -2.15. The van der Waals surface area contributed by atoms with E-state index in [4.69, 9.17) is 5.11 Å².